The van der Waals surface area contributed by atoms with Gasteiger partial charge in [-0.1, -0.05) is 24.3 Å². The molecule has 2 aromatic rings. The first-order valence-electron chi connectivity index (χ1n) is 8.89. The second-order valence-corrected chi connectivity index (χ2v) is 8.32. The minimum absolute atomic E-state index is 0. The number of rotatable bonds is 5. The average Bonchev–Trinajstić information content (AvgIpc) is 3.18. The summed E-state index contributed by atoms with van der Waals surface area (Å²) in [6, 6.07) is 10.6. The number of aromatic nitrogens is 2. The fourth-order valence-electron chi connectivity index (χ4n) is 3.41. The van der Waals surface area contributed by atoms with Crippen molar-refractivity contribution < 1.29 is 4.74 Å². The number of halogens is 1. The Hall–Kier alpha value is -2.02. The summed E-state index contributed by atoms with van der Waals surface area (Å²) in [7, 11) is 1.27. The number of nitrogens with zero attached hydrogens (tertiary/aromatic N) is 4. The Morgan fingerprint density at radius 3 is 2.52 bits per heavy atom. The summed E-state index contributed by atoms with van der Waals surface area (Å²) >= 11 is 0. The zero-order valence-electron chi connectivity index (χ0n) is 15.4. The number of anilines is 1. The lowest BCUT2D eigenvalue weighted by atomic mass is 10.2. The zero-order valence-corrected chi connectivity index (χ0v) is 17.1. The number of benzene rings is 1. The molecule has 2 aliphatic heterocycles. The van der Waals surface area contributed by atoms with E-state index in [2.05, 4.69) is 61.6 Å². The monoisotopic (exact) mass is 404 g/mol. The third-order valence-corrected chi connectivity index (χ3v) is 7.01. The largest absolute Gasteiger partial charge is 0.492 e. The van der Waals surface area contributed by atoms with Crippen molar-refractivity contribution in [1.82, 2.24) is 14.9 Å². The minimum Gasteiger partial charge on any atom is -0.492 e. The molecule has 1 saturated heterocycles. The number of allylic oxidation sites excluding steroid dienone is 2. The first-order chi connectivity index (χ1) is 12.8. The topological polar surface area (TPSA) is 41.5 Å². The van der Waals surface area contributed by atoms with Crippen LogP contribution in [-0.4, -0.2) is 48.2 Å². The highest BCUT2D eigenvalue weighted by Crippen LogP contribution is 2.50. The number of thiol groups is 1. The Morgan fingerprint density at radius 1 is 1.04 bits per heavy atom. The van der Waals surface area contributed by atoms with Gasteiger partial charge in [0.25, 0.3) is 0 Å². The smallest absolute Gasteiger partial charge is 0.225 e. The van der Waals surface area contributed by atoms with Gasteiger partial charge in [-0.05, 0) is 29.2 Å². The molecule has 2 aliphatic rings. The molecule has 4 rings (SSSR count). The van der Waals surface area contributed by atoms with Gasteiger partial charge in [-0.2, -0.15) is 0 Å². The maximum Gasteiger partial charge on any atom is 0.225 e. The van der Waals surface area contributed by atoms with Crippen LogP contribution in [0.25, 0.3) is 0 Å². The molecule has 0 N–H and O–H groups in total. The van der Waals surface area contributed by atoms with Crippen LogP contribution < -0.4 is 4.90 Å². The first-order valence-corrected chi connectivity index (χ1v) is 10.3. The van der Waals surface area contributed by atoms with Gasteiger partial charge < -0.3 is 9.64 Å². The molecule has 1 atom stereocenters. The molecule has 0 aliphatic carbocycles. The Labute approximate surface area is 169 Å². The van der Waals surface area contributed by atoms with Crippen molar-refractivity contribution in [2.45, 2.75) is 11.4 Å². The van der Waals surface area contributed by atoms with Gasteiger partial charge in [-0.25, -0.2) is 9.97 Å². The summed E-state index contributed by atoms with van der Waals surface area (Å²) in [6.45, 7) is 4.94. The first kappa shape index (κ1) is 19.7. The van der Waals surface area contributed by atoms with E-state index < -0.39 is 10.9 Å². The second kappa shape index (κ2) is 9.26. The molecule has 3 heterocycles. The van der Waals surface area contributed by atoms with Crippen molar-refractivity contribution in [2.75, 3.05) is 38.2 Å². The van der Waals surface area contributed by atoms with Crippen molar-refractivity contribution in [2.24, 2.45) is 0 Å². The van der Waals surface area contributed by atoms with Crippen LogP contribution in [0.5, 0.6) is 0 Å². The van der Waals surface area contributed by atoms with Gasteiger partial charge in [0.05, 0.1) is 7.11 Å². The van der Waals surface area contributed by atoms with E-state index in [1.165, 1.54) is 10.5 Å². The van der Waals surface area contributed by atoms with E-state index in [4.69, 9.17) is 4.74 Å². The number of ether oxygens (including phenoxy) is 1. The van der Waals surface area contributed by atoms with Crippen LogP contribution in [0, 0.1) is 0 Å². The molecule has 7 heteroatoms. The number of methoxy groups -OCH3 is 1. The molecule has 1 aromatic heterocycles. The molecule has 5 nitrogen and oxygen atoms in total. The highest BCUT2D eigenvalue weighted by molar-refractivity contribution is 8.23. The summed E-state index contributed by atoms with van der Waals surface area (Å²) in [5, 5.41) is 3.36. The lowest BCUT2D eigenvalue weighted by molar-refractivity contribution is 0.247. The molecule has 0 spiro atoms. The Balaban J connectivity index is 0.00000210. The van der Waals surface area contributed by atoms with Gasteiger partial charge in [-0.15, -0.1) is 23.3 Å². The van der Waals surface area contributed by atoms with Crippen LogP contribution in [0.1, 0.15) is 5.56 Å². The van der Waals surface area contributed by atoms with E-state index in [-0.39, 0.29) is 12.4 Å². The highest BCUT2D eigenvalue weighted by atomic mass is 35.5. The van der Waals surface area contributed by atoms with Crippen LogP contribution in [0.2, 0.25) is 0 Å². The van der Waals surface area contributed by atoms with Gasteiger partial charge in [0.2, 0.25) is 5.95 Å². The number of hydrogen-bond donors (Lipinski definition) is 1. The van der Waals surface area contributed by atoms with Crippen molar-refractivity contribution >= 4 is 29.3 Å². The Morgan fingerprint density at radius 2 is 1.78 bits per heavy atom. The van der Waals surface area contributed by atoms with Crippen molar-refractivity contribution in [3.8, 4) is 0 Å². The molecule has 0 amide bonds. The predicted molar refractivity (Wildman–Crippen MR) is 115 cm³/mol. The van der Waals surface area contributed by atoms with E-state index >= 15 is 0 Å². The van der Waals surface area contributed by atoms with Gasteiger partial charge >= 0.3 is 0 Å². The maximum absolute atomic E-state index is 5.58. The van der Waals surface area contributed by atoms with Crippen LogP contribution in [0.15, 0.2) is 70.3 Å². The van der Waals surface area contributed by atoms with Crippen LogP contribution >= 0.6 is 23.3 Å². The van der Waals surface area contributed by atoms with E-state index in [1.807, 2.05) is 18.5 Å². The Kier molecular flexibility index (Phi) is 6.77. The fourth-order valence-corrected chi connectivity index (χ4v) is 5.36. The summed E-state index contributed by atoms with van der Waals surface area (Å²) < 4.78 is 5.58. The van der Waals surface area contributed by atoms with E-state index in [0.29, 0.717) is 0 Å². The second-order valence-electron chi connectivity index (χ2n) is 6.36. The lowest BCUT2D eigenvalue weighted by Crippen LogP contribution is -2.46. The Bertz CT molecular complexity index is 807. The summed E-state index contributed by atoms with van der Waals surface area (Å²) in [6.07, 6.45) is 7.81. The van der Waals surface area contributed by atoms with Gasteiger partial charge in [-0.3, -0.25) is 4.90 Å². The molecule has 1 fully saturated rings. The van der Waals surface area contributed by atoms with Crippen LogP contribution in [0.4, 0.5) is 5.95 Å². The predicted octanol–water partition coefficient (Wildman–Crippen LogP) is 3.60. The summed E-state index contributed by atoms with van der Waals surface area (Å²) in [5.41, 5.74) is 1.40. The molecule has 0 bridgehead atoms. The number of hydrogen-bond acceptors (Lipinski definition) is 5. The third-order valence-electron chi connectivity index (χ3n) is 4.77. The van der Waals surface area contributed by atoms with Crippen molar-refractivity contribution in [3.63, 3.8) is 0 Å². The van der Waals surface area contributed by atoms with Crippen molar-refractivity contribution in [1.29, 1.82) is 0 Å². The highest BCUT2D eigenvalue weighted by Gasteiger charge is 2.21. The molecular formula is C20H25ClN4OS. The quantitative estimate of drug-likeness (QED) is 0.771. The molecule has 0 saturated carbocycles. The minimum atomic E-state index is -0.495. The van der Waals surface area contributed by atoms with Crippen LogP contribution in [0.3, 0.4) is 0 Å². The van der Waals surface area contributed by atoms with E-state index in [9.17, 15) is 0 Å². The molecule has 144 valence electrons. The summed E-state index contributed by atoms with van der Waals surface area (Å²) in [4.78, 5) is 14.9. The van der Waals surface area contributed by atoms with E-state index in [1.54, 1.807) is 7.11 Å². The van der Waals surface area contributed by atoms with Gasteiger partial charge in [0, 0.05) is 50.0 Å². The molecule has 1 unspecified atom stereocenters. The lowest BCUT2D eigenvalue weighted by Gasteiger charge is -2.35. The summed E-state index contributed by atoms with van der Waals surface area (Å²) in [5.74, 6) is 0.835. The molecule has 27 heavy (non-hydrogen) atoms. The SMILES string of the molecule is COC1=CC=C[SH]1c1ccccc1CN1CCN(c2ncccn2)CC1.Cl. The van der Waals surface area contributed by atoms with Crippen LogP contribution in [-0.2, 0) is 11.3 Å². The van der Waals surface area contributed by atoms with E-state index in [0.717, 1.165) is 43.8 Å². The fraction of sp³-hybridized carbons (Fsp3) is 0.300. The molecular weight excluding hydrogens is 380 g/mol. The standard InChI is InChI=1S/C20H24N4OS.ClH/c1-25-19-8-4-15-26(19)18-7-3-2-6-17(18)16-23-11-13-24(14-12-23)20-21-9-5-10-22-20;/h2-10,15,26H,11-14,16H2,1H3;1H. The van der Waals surface area contributed by atoms with Gasteiger partial charge in [0.1, 0.15) is 5.09 Å². The average molecular weight is 405 g/mol. The zero-order chi connectivity index (χ0) is 17.8. The normalized spacial score (nSPS) is 20.9. The number of piperazine rings is 1. The molecule has 1 aromatic carbocycles. The molecule has 0 radical (unpaired) electrons. The van der Waals surface area contributed by atoms with Gasteiger partial charge in [0.15, 0.2) is 0 Å². The van der Waals surface area contributed by atoms with Crippen molar-refractivity contribution in [3.05, 3.63) is 70.9 Å². The third kappa shape index (κ3) is 4.46. The maximum atomic E-state index is 5.58.